The molecule has 112 valence electrons. The molecular weight excluding hydrogens is 272 g/mol. The Balaban J connectivity index is 1.69. The predicted molar refractivity (Wildman–Crippen MR) is 75.3 cm³/mol. The second kappa shape index (κ2) is 6.09. The van der Waals surface area contributed by atoms with Gasteiger partial charge in [-0.3, -0.25) is 4.98 Å². The van der Waals surface area contributed by atoms with Crippen LogP contribution in [0.2, 0.25) is 0 Å². The topological polar surface area (TPSA) is 73.5 Å². The van der Waals surface area contributed by atoms with Crippen molar-refractivity contribution < 1.29 is 13.9 Å². The Bertz CT molecular complexity index is 575. The van der Waals surface area contributed by atoms with E-state index in [0.717, 1.165) is 18.7 Å². The Morgan fingerprint density at radius 3 is 3.00 bits per heavy atom. The SMILES string of the molecule is CO[C@@H]1C[C@@H](COc2cccnc2)N(c2nnc(C)o2)C1. The number of rotatable bonds is 5. The molecule has 0 aromatic carbocycles. The van der Waals surface area contributed by atoms with Gasteiger partial charge in [-0.2, -0.15) is 0 Å². The first kappa shape index (κ1) is 13.8. The summed E-state index contributed by atoms with van der Waals surface area (Å²) in [5.74, 6) is 1.30. The van der Waals surface area contributed by atoms with Crippen molar-refractivity contribution in [2.45, 2.75) is 25.5 Å². The van der Waals surface area contributed by atoms with E-state index in [0.29, 0.717) is 18.5 Å². The minimum Gasteiger partial charge on any atom is -0.490 e. The number of aromatic nitrogens is 3. The van der Waals surface area contributed by atoms with Crippen molar-refractivity contribution in [2.75, 3.05) is 25.2 Å². The fourth-order valence-corrected chi connectivity index (χ4v) is 2.46. The van der Waals surface area contributed by atoms with Crippen LogP contribution >= 0.6 is 0 Å². The summed E-state index contributed by atoms with van der Waals surface area (Å²) in [6, 6.07) is 4.39. The largest absolute Gasteiger partial charge is 0.490 e. The fraction of sp³-hybridized carbons (Fsp3) is 0.500. The van der Waals surface area contributed by atoms with Crippen LogP contribution in [-0.4, -0.2) is 47.6 Å². The molecule has 3 heterocycles. The minimum absolute atomic E-state index is 0.134. The van der Waals surface area contributed by atoms with E-state index in [1.807, 2.05) is 17.0 Å². The van der Waals surface area contributed by atoms with E-state index < -0.39 is 0 Å². The molecule has 0 N–H and O–H groups in total. The van der Waals surface area contributed by atoms with Gasteiger partial charge in [-0.05, 0) is 18.6 Å². The first-order chi connectivity index (χ1) is 10.3. The van der Waals surface area contributed by atoms with E-state index in [1.165, 1.54) is 0 Å². The van der Waals surface area contributed by atoms with Crippen LogP contribution in [0.5, 0.6) is 5.75 Å². The molecule has 1 fully saturated rings. The quantitative estimate of drug-likeness (QED) is 0.825. The number of pyridine rings is 1. The number of aryl methyl sites for hydroxylation is 1. The number of methoxy groups -OCH3 is 1. The predicted octanol–water partition coefficient (Wildman–Crippen LogP) is 1.45. The molecule has 3 rings (SSSR count). The van der Waals surface area contributed by atoms with Crippen molar-refractivity contribution in [3.05, 3.63) is 30.4 Å². The van der Waals surface area contributed by atoms with Gasteiger partial charge in [0, 0.05) is 26.8 Å². The van der Waals surface area contributed by atoms with E-state index in [2.05, 4.69) is 15.2 Å². The van der Waals surface area contributed by atoms with Crippen molar-refractivity contribution >= 4 is 6.01 Å². The highest BCUT2D eigenvalue weighted by molar-refractivity contribution is 5.30. The monoisotopic (exact) mass is 290 g/mol. The highest BCUT2D eigenvalue weighted by Crippen LogP contribution is 2.26. The molecule has 0 aliphatic carbocycles. The maximum Gasteiger partial charge on any atom is 0.318 e. The summed E-state index contributed by atoms with van der Waals surface area (Å²) in [6.07, 6.45) is 4.42. The van der Waals surface area contributed by atoms with Gasteiger partial charge >= 0.3 is 6.01 Å². The fourth-order valence-electron chi connectivity index (χ4n) is 2.46. The zero-order valence-corrected chi connectivity index (χ0v) is 12.1. The normalized spacial score (nSPS) is 21.7. The Morgan fingerprint density at radius 2 is 2.33 bits per heavy atom. The molecule has 21 heavy (non-hydrogen) atoms. The molecule has 0 bridgehead atoms. The number of nitrogens with zero attached hydrogens (tertiary/aromatic N) is 4. The third-order valence-corrected chi connectivity index (χ3v) is 3.55. The number of hydrogen-bond donors (Lipinski definition) is 0. The average molecular weight is 290 g/mol. The lowest BCUT2D eigenvalue weighted by atomic mass is 10.2. The summed E-state index contributed by atoms with van der Waals surface area (Å²) in [7, 11) is 1.71. The summed E-state index contributed by atoms with van der Waals surface area (Å²) < 4.78 is 16.8. The Labute approximate surface area is 122 Å². The summed E-state index contributed by atoms with van der Waals surface area (Å²) in [4.78, 5) is 6.08. The van der Waals surface area contributed by atoms with Gasteiger partial charge in [-0.15, -0.1) is 5.10 Å². The van der Waals surface area contributed by atoms with E-state index >= 15 is 0 Å². The van der Waals surface area contributed by atoms with Crippen molar-refractivity contribution in [2.24, 2.45) is 0 Å². The zero-order valence-electron chi connectivity index (χ0n) is 12.1. The molecule has 0 amide bonds. The third-order valence-electron chi connectivity index (χ3n) is 3.55. The molecule has 0 unspecified atom stereocenters. The van der Waals surface area contributed by atoms with E-state index in [9.17, 15) is 0 Å². The van der Waals surface area contributed by atoms with Crippen LogP contribution in [0, 0.1) is 6.92 Å². The van der Waals surface area contributed by atoms with Crippen molar-refractivity contribution in [3.8, 4) is 5.75 Å². The van der Waals surface area contributed by atoms with Crippen LogP contribution in [0.4, 0.5) is 6.01 Å². The molecule has 1 saturated heterocycles. The molecule has 2 aromatic rings. The molecule has 1 aliphatic heterocycles. The van der Waals surface area contributed by atoms with Crippen LogP contribution in [-0.2, 0) is 4.74 Å². The van der Waals surface area contributed by atoms with Gasteiger partial charge in [0.1, 0.15) is 12.4 Å². The third kappa shape index (κ3) is 3.13. The van der Waals surface area contributed by atoms with Crippen molar-refractivity contribution in [1.82, 2.24) is 15.2 Å². The van der Waals surface area contributed by atoms with Gasteiger partial charge in [-0.1, -0.05) is 5.10 Å². The molecule has 0 radical (unpaired) electrons. The Morgan fingerprint density at radius 1 is 1.43 bits per heavy atom. The maximum absolute atomic E-state index is 5.79. The molecule has 1 aliphatic rings. The van der Waals surface area contributed by atoms with Gasteiger partial charge in [0.2, 0.25) is 5.89 Å². The van der Waals surface area contributed by atoms with Gasteiger partial charge in [-0.25, -0.2) is 0 Å². The second-order valence-corrected chi connectivity index (χ2v) is 5.00. The Kier molecular flexibility index (Phi) is 4.01. The maximum atomic E-state index is 5.79. The number of ether oxygens (including phenoxy) is 2. The number of hydrogen-bond acceptors (Lipinski definition) is 7. The lowest BCUT2D eigenvalue weighted by Gasteiger charge is -2.21. The van der Waals surface area contributed by atoms with Gasteiger partial charge in [0.05, 0.1) is 18.3 Å². The van der Waals surface area contributed by atoms with E-state index in [4.69, 9.17) is 13.9 Å². The van der Waals surface area contributed by atoms with Crippen molar-refractivity contribution in [1.29, 1.82) is 0 Å². The molecule has 2 atom stereocenters. The van der Waals surface area contributed by atoms with Crippen LogP contribution in [0.3, 0.4) is 0 Å². The van der Waals surface area contributed by atoms with Crippen LogP contribution in [0.15, 0.2) is 28.9 Å². The lowest BCUT2D eigenvalue weighted by Crippen LogP contribution is -2.34. The minimum atomic E-state index is 0.134. The first-order valence-corrected chi connectivity index (χ1v) is 6.88. The number of anilines is 1. The second-order valence-electron chi connectivity index (χ2n) is 5.00. The van der Waals surface area contributed by atoms with Gasteiger partial charge in [0.25, 0.3) is 0 Å². The summed E-state index contributed by atoms with van der Waals surface area (Å²) >= 11 is 0. The molecule has 7 nitrogen and oxygen atoms in total. The van der Waals surface area contributed by atoms with Gasteiger partial charge < -0.3 is 18.8 Å². The summed E-state index contributed by atoms with van der Waals surface area (Å²) in [5.41, 5.74) is 0. The molecule has 2 aromatic heterocycles. The highest BCUT2D eigenvalue weighted by Gasteiger charge is 2.35. The van der Waals surface area contributed by atoms with Crippen LogP contribution in [0.1, 0.15) is 12.3 Å². The highest BCUT2D eigenvalue weighted by atomic mass is 16.5. The smallest absolute Gasteiger partial charge is 0.318 e. The van der Waals surface area contributed by atoms with Crippen LogP contribution < -0.4 is 9.64 Å². The van der Waals surface area contributed by atoms with E-state index in [-0.39, 0.29) is 12.1 Å². The van der Waals surface area contributed by atoms with Crippen LogP contribution in [0.25, 0.3) is 0 Å². The standard InChI is InChI=1S/C14H18N4O3/c1-10-16-17-14(21-10)18-8-13(19-2)6-11(18)9-20-12-4-3-5-15-7-12/h3-5,7,11,13H,6,8-9H2,1-2H3/t11-,13+/m0/s1. The zero-order chi connectivity index (χ0) is 14.7. The van der Waals surface area contributed by atoms with E-state index in [1.54, 1.807) is 26.4 Å². The summed E-state index contributed by atoms with van der Waals surface area (Å²) in [5, 5.41) is 7.97. The molecule has 7 heteroatoms. The van der Waals surface area contributed by atoms with Gasteiger partial charge in [0.15, 0.2) is 0 Å². The molecule has 0 saturated carbocycles. The van der Waals surface area contributed by atoms with Crippen molar-refractivity contribution in [3.63, 3.8) is 0 Å². The lowest BCUT2D eigenvalue weighted by molar-refractivity contribution is 0.115. The molecule has 0 spiro atoms. The first-order valence-electron chi connectivity index (χ1n) is 6.88. The summed E-state index contributed by atoms with van der Waals surface area (Å²) in [6.45, 7) is 3.02. The Hall–Kier alpha value is -2.15. The molecular formula is C14H18N4O3. The average Bonchev–Trinajstić information content (AvgIpc) is 3.12.